The maximum Gasteiger partial charge on any atom is 0.271 e. The molecule has 0 bridgehead atoms. The molecule has 0 spiro atoms. The van der Waals surface area contributed by atoms with Gasteiger partial charge in [-0.25, -0.2) is 0 Å². The van der Waals surface area contributed by atoms with E-state index >= 15 is 0 Å². The van der Waals surface area contributed by atoms with Gasteiger partial charge < -0.3 is 0 Å². The normalized spacial score (nSPS) is 16.0. The van der Waals surface area contributed by atoms with Gasteiger partial charge in [0.15, 0.2) is 0 Å². The molecule has 1 aromatic rings. The molecule has 2 rings (SSSR count). The van der Waals surface area contributed by atoms with E-state index in [2.05, 4.69) is 15.8 Å². The predicted octanol–water partition coefficient (Wildman–Crippen LogP) is 1.42. The number of pyridine rings is 1. The van der Waals surface area contributed by atoms with Crippen molar-refractivity contribution in [3.8, 4) is 0 Å². The number of carbonyl (C=O) groups excluding carboxylic acids is 2. The average Bonchev–Trinajstić information content (AvgIpc) is 2.46. The van der Waals surface area contributed by atoms with Crippen molar-refractivity contribution in [3.63, 3.8) is 0 Å². The molecule has 18 heavy (non-hydrogen) atoms. The van der Waals surface area contributed by atoms with Crippen LogP contribution in [0.25, 0.3) is 0 Å². The maximum atomic E-state index is 11.8. The molecule has 1 fully saturated rings. The zero-order chi connectivity index (χ0) is 12.8. The molecule has 1 heterocycles. The largest absolute Gasteiger partial charge is 0.273 e. The number of rotatable bonds is 2. The topological polar surface area (TPSA) is 71.1 Å². The molecule has 2 amide bonds. The fourth-order valence-corrected chi connectivity index (χ4v) is 2.15. The number of hydrazine groups is 1. The Kier molecular flexibility index (Phi) is 4.28. The number of amides is 2. The van der Waals surface area contributed by atoms with Crippen molar-refractivity contribution in [1.82, 2.24) is 15.8 Å². The highest BCUT2D eigenvalue weighted by Crippen LogP contribution is 2.23. The number of hydrogen-bond donors (Lipinski definition) is 2. The first-order valence-electron chi connectivity index (χ1n) is 6.27. The number of hydrogen-bond acceptors (Lipinski definition) is 3. The minimum atomic E-state index is -0.341. The summed E-state index contributed by atoms with van der Waals surface area (Å²) < 4.78 is 0. The van der Waals surface area contributed by atoms with E-state index in [1.807, 2.05) is 0 Å². The summed E-state index contributed by atoms with van der Waals surface area (Å²) in [5.41, 5.74) is 5.33. The Morgan fingerprint density at radius 2 is 1.94 bits per heavy atom. The fraction of sp³-hybridized carbons (Fsp3) is 0.462. The van der Waals surface area contributed by atoms with Crippen LogP contribution >= 0.6 is 0 Å². The Morgan fingerprint density at radius 3 is 2.61 bits per heavy atom. The summed E-state index contributed by atoms with van der Waals surface area (Å²) in [7, 11) is 0. The molecule has 0 aliphatic heterocycles. The molecule has 0 unspecified atom stereocenters. The molecular formula is C13H17N3O2. The van der Waals surface area contributed by atoms with Gasteiger partial charge in [0, 0.05) is 18.3 Å². The number of carbonyl (C=O) groups is 2. The Morgan fingerprint density at radius 1 is 1.17 bits per heavy atom. The Labute approximate surface area is 106 Å². The summed E-state index contributed by atoms with van der Waals surface area (Å²) in [5, 5.41) is 0. The highest BCUT2D eigenvalue weighted by atomic mass is 16.2. The summed E-state index contributed by atoms with van der Waals surface area (Å²) in [6.07, 6.45) is 8.26. The van der Waals surface area contributed by atoms with E-state index < -0.39 is 0 Å². The minimum Gasteiger partial charge on any atom is -0.273 e. The summed E-state index contributed by atoms with van der Waals surface area (Å²) in [6, 6.07) is 3.33. The smallest absolute Gasteiger partial charge is 0.271 e. The van der Waals surface area contributed by atoms with Crippen LogP contribution in [0, 0.1) is 5.92 Å². The SMILES string of the molecule is O=C(NNC(=O)C1CCCCC1)c1cccnc1. The zero-order valence-corrected chi connectivity index (χ0v) is 10.2. The van der Waals surface area contributed by atoms with Gasteiger partial charge in [-0.3, -0.25) is 25.4 Å². The summed E-state index contributed by atoms with van der Waals surface area (Å²) >= 11 is 0. The molecule has 1 saturated carbocycles. The Balaban J connectivity index is 1.80. The fourth-order valence-electron chi connectivity index (χ4n) is 2.15. The van der Waals surface area contributed by atoms with Gasteiger partial charge in [-0.05, 0) is 25.0 Å². The average molecular weight is 247 g/mol. The lowest BCUT2D eigenvalue weighted by Crippen LogP contribution is -2.44. The summed E-state index contributed by atoms with van der Waals surface area (Å²) in [4.78, 5) is 27.3. The third-order valence-electron chi connectivity index (χ3n) is 3.20. The second-order valence-corrected chi connectivity index (χ2v) is 4.52. The zero-order valence-electron chi connectivity index (χ0n) is 10.2. The van der Waals surface area contributed by atoms with Crippen molar-refractivity contribution < 1.29 is 9.59 Å². The van der Waals surface area contributed by atoms with Crippen LogP contribution in [0.1, 0.15) is 42.5 Å². The molecule has 1 aliphatic rings. The Hall–Kier alpha value is -1.91. The molecule has 5 heteroatoms. The molecule has 5 nitrogen and oxygen atoms in total. The van der Waals surface area contributed by atoms with Crippen LogP contribution in [0.15, 0.2) is 24.5 Å². The van der Waals surface area contributed by atoms with Gasteiger partial charge in [0.05, 0.1) is 5.56 Å². The molecule has 2 N–H and O–H groups in total. The van der Waals surface area contributed by atoms with E-state index in [1.54, 1.807) is 18.3 Å². The van der Waals surface area contributed by atoms with Crippen LogP contribution in [-0.4, -0.2) is 16.8 Å². The van der Waals surface area contributed by atoms with Crippen LogP contribution in [-0.2, 0) is 4.79 Å². The quantitative estimate of drug-likeness (QED) is 0.776. The molecule has 0 radical (unpaired) electrons. The van der Waals surface area contributed by atoms with Gasteiger partial charge >= 0.3 is 0 Å². The molecule has 0 atom stereocenters. The van der Waals surface area contributed by atoms with E-state index in [9.17, 15) is 9.59 Å². The molecular weight excluding hydrogens is 230 g/mol. The van der Waals surface area contributed by atoms with E-state index in [1.165, 1.54) is 12.6 Å². The Bertz CT molecular complexity index is 414. The van der Waals surface area contributed by atoms with Gasteiger partial charge in [0.1, 0.15) is 0 Å². The lowest BCUT2D eigenvalue weighted by atomic mass is 9.89. The van der Waals surface area contributed by atoms with Crippen LogP contribution in [0.4, 0.5) is 0 Å². The third kappa shape index (κ3) is 3.29. The van der Waals surface area contributed by atoms with Gasteiger partial charge in [0.25, 0.3) is 5.91 Å². The van der Waals surface area contributed by atoms with Crippen LogP contribution in [0.3, 0.4) is 0 Å². The number of nitrogens with one attached hydrogen (secondary N) is 2. The van der Waals surface area contributed by atoms with E-state index in [-0.39, 0.29) is 17.7 Å². The first-order chi connectivity index (χ1) is 8.77. The standard InChI is InChI=1S/C13H17N3O2/c17-12(10-5-2-1-3-6-10)15-16-13(18)11-7-4-8-14-9-11/h4,7-10H,1-3,5-6H2,(H,15,17)(H,16,18). The van der Waals surface area contributed by atoms with Gasteiger partial charge in [0.2, 0.25) is 5.91 Å². The highest BCUT2D eigenvalue weighted by molar-refractivity contribution is 5.95. The summed E-state index contributed by atoms with van der Waals surface area (Å²) in [6.45, 7) is 0. The lowest BCUT2D eigenvalue weighted by Gasteiger charge is -2.20. The molecule has 0 saturated heterocycles. The van der Waals surface area contributed by atoms with Gasteiger partial charge in [-0.2, -0.15) is 0 Å². The summed E-state index contributed by atoms with van der Waals surface area (Å²) in [5.74, 6) is -0.396. The molecule has 1 aliphatic carbocycles. The highest BCUT2D eigenvalue weighted by Gasteiger charge is 2.21. The minimum absolute atomic E-state index is 0.0351. The number of aromatic nitrogens is 1. The van der Waals surface area contributed by atoms with E-state index in [4.69, 9.17) is 0 Å². The third-order valence-corrected chi connectivity index (χ3v) is 3.20. The first kappa shape index (κ1) is 12.5. The van der Waals surface area contributed by atoms with Gasteiger partial charge in [-0.15, -0.1) is 0 Å². The molecule has 96 valence electrons. The predicted molar refractivity (Wildman–Crippen MR) is 66.4 cm³/mol. The maximum absolute atomic E-state index is 11.8. The number of nitrogens with zero attached hydrogens (tertiary/aromatic N) is 1. The van der Waals surface area contributed by atoms with Crippen LogP contribution < -0.4 is 10.9 Å². The van der Waals surface area contributed by atoms with Gasteiger partial charge in [-0.1, -0.05) is 19.3 Å². The monoisotopic (exact) mass is 247 g/mol. The van der Waals surface area contributed by atoms with Crippen molar-refractivity contribution in [1.29, 1.82) is 0 Å². The van der Waals surface area contributed by atoms with Crippen molar-refractivity contribution >= 4 is 11.8 Å². The molecule has 1 aromatic heterocycles. The van der Waals surface area contributed by atoms with E-state index in [0.29, 0.717) is 5.56 Å². The first-order valence-corrected chi connectivity index (χ1v) is 6.27. The van der Waals surface area contributed by atoms with Crippen molar-refractivity contribution in [2.45, 2.75) is 32.1 Å². The van der Waals surface area contributed by atoms with Crippen LogP contribution in [0.5, 0.6) is 0 Å². The second kappa shape index (κ2) is 6.14. The van der Waals surface area contributed by atoms with Crippen LogP contribution in [0.2, 0.25) is 0 Å². The lowest BCUT2D eigenvalue weighted by molar-refractivity contribution is -0.126. The van der Waals surface area contributed by atoms with E-state index in [0.717, 1.165) is 25.7 Å². The van der Waals surface area contributed by atoms with Crippen molar-refractivity contribution in [2.75, 3.05) is 0 Å². The van der Waals surface area contributed by atoms with Crippen molar-refractivity contribution in [2.24, 2.45) is 5.92 Å². The molecule has 0 aromatic carbocycles. The second-order valence-electron chi connectivity index (χ2n) is 4.52. The van der Waals surface area contributed by atoms with Crippen molar-refractivity contribution in [3.05, 3.63) is 30.1 Å².